The molecule has 2 atom stereocenters. The molecule has 1 saturated heterocycles. The van der Waals surface area contributed by atoms with Crippen molar-refractivity contribution in [1.29, 1.82) is 0 Å². The standard InChI is InChI=1S/C29H36N2O3S/c1-4-31(35(33,34)29-13-6-5-10-22(29)2)19-8-7-18-30-21-28(23(30)3)25-16-14-24(15-17-25)26-11-9-12-27(32)20-26/h5-6,9-17,20,23,28,32H,4,7-8,18-19,21H2,1-3H3/t23-,28?/m0/s1. The number of rotatable bonds is 10. The molecule has 1 aliphatic rings. The summed E-state index contributed by atoms with van der Waals surface area (Å²) in [4.78, 5) is 2.90. The molecule has 4 rings (SSSR count). The molecule has 3 aromatic rings. The number of hydrogen-bond donors (Lipinski definition) is 1. The summed E-state index contributed by atoms with van der Waals surface area (Å²) < 4.78 is 27.7. The Labute approximate surface area is 210 Å². The van der Waals surface area contributed by atoms with Gasteiger partial charge in [-0.2, -0.15) is 4.31 Å². The molecule has 0 saturated carbocycles. The predicted octanol–water partition coefficient (Wildman–Crippen LogP) is 5.65. The topological polar surface area (TPSA) is 60.9 Å². The number of hydrogen-bond acceptors (Lipinski definition) is 4. The first-order valence-corrected chi connectivity index (χ1v) is 13.9. The van der Waals surface area contributed by atoms with E-state index in [1.54, 1.807) is 28.6 Å². The van der Waals surface area contributed by atoms with Crippen molar-refractivity contribution in [1.82, 2.24) is 9.21 Å². The summed E-state index contributed by atoms with van der Waals surface area (Å²) in [6, 6.07) is 23.7. The van der Waals surface area contributed by atoms with E-state index in [9.17, 15) is 13.5 Å². The van der Waals surface area contributed by atoms with E-state index < -0.39 is 10.0 Å². The number of phenols is 1. The van der Waals surface area contributed by atoms with Gasteiger partial charge in [-0.15, -0.1) is 0 Å². The van der Waals surface area contributed by atoms with Crippen molar-refractivity contribution in [2.45, 2.75) is 50.5 Å². The predicted molar refractivity (Wildman–Crippen MR) is 142 cm³/mol. The molecule has 0 bridgehead atoms. The van der Waals surface area contributed by atoms with Crippen LogP contribution in [0.2, 0.25) is 0 Å². The summed E-state index contributed by atoms with van der Waals surface area (Å²) >= 11 is 0. The molecule has 0 spiro atoms. The Kier molecular flexibility index (Phi) is 7.95. The average molecular weight is 493 g/mol. The minimum absolute atomic E-state index is 0.282. The molecule has 1 N–H and O–H groups in total. The van der Waals surface area contributed by atoms with Gasteiger partial charge in [0.25, 0.3) is 0 Å². The van der Waals surface area contributed by atoms with E-state index in [1.807, 2.05) is 38.1 Å². The highest BCUT2D eigenvalue weighted by atomic mass is 32.2. The van der Waals surface area contributed by atoms with Crippen LogP contribution in [0.1, 0.15) is 43.7 Å². The monoisotopic (exact) mass is 492 g/mol. The van der Waals surface area contributed by atoms with Gasteiger partial charge in [-0.1, -0.05) is 61.5 Å². The molecular formula is C29H36N2O3S. The van der Waals surface area contributed by atoms with Crippen LogP contribution in [0.25, 0.3) is 11.1 Å². The molecule has 1 aliphatic heterocycles. The quantitative estimate of drug-likeness (QED) is 0.372. The summed E-state index contributed by atoms with van der Waals surface area (Å²) in [6.07, 6.45) is 1.83. The van der Waals surface area contributed by atoms with Crippen LogP contribution < -0.4 is 0 Å². The number of nitrogens with zero attached hydrogens (tertiary/aromatic N) is 2. The average Bonchev–Trinajstić information content (AvgIpc) is 2.85. The maximum Gasteiger partial charge on any atom is 0.243 e. The minimum atomic E-state index is -3.45. The van der Waals surface area contributed by atoms with E-state index in [0.29, 0.717) is 29.9 Å². The fourth-order valence-electron chi connectivity index (χ4n) is 5.01. The van der Waals surface area contributed by atoms with E-state index in [0.717, 1.165) is 42.6 Å². The van der Waals surface area contributed by atoms with Crippen LogP contribution in [0.5, 0.6) is 5.75 Å². The van der Waals surface area contributed by atoms with Gasteiger partial charge in [0.15, 0.2) is 0 Å². The lowest BCUT2D eigenvalue weighted by Crippen LogP contribution is -2.53. The summed E-state index contributed by atoms with van der Waals surface area (Å²) in [5, 5.41) is 9.73. The van der Waals surface area contributed by atoms with Crippen molar-refractivity contribution in [3.63, 3.8) is 0 Å². The summed E-state index contributed by atoms with van der Waals surface area (Å²) in [5.41, 5.74) is 4.26. The van der Waals surface area contributed by atoms with E-state index in [2.05, 4.69) is 36.1 Å². The number of aromatic hydroxyl groups is 1. The number of aryl methyl sites for hydroxylation is 1. The Bertz CT molecular complexity index is 1240. The SMILES string of the molecule is CCN(CCCCN1CC(c2ccc(-c3cccc(O)c3)cc2)[C@@H]1C)S(=O)(=O)c1ccccc1C. The molecule has 1 unspecified atom stereocenters. The Hall–Kier alpha value is -2.67. The molecular weight excluding hydrogens is 456 g/mol. The van der Waals surface area contributed by atoms with Gasteiger partial charge in [0.05, 0.1) is 4.90 Å². The number of benzene rings is 3. The highest BCUT2D eigenvalue weighted by Crippen LogP contribution is 2.35. The number of sulfonamides is 1. The van der Waals surface area contributed by atoms with Crippen molar-refractivity contribution in [3.8, 4) is 16.9 Å². The first kappa shape index (κ1) is 25.4. The van der Waals surface area contributed by atoms with Crippen LogP contribution in [0.15, 0.2) is 77.7 Å². The van der Waals surface area contributed by atoms with Crippen molar-refractivity contribution in [2.24, 2.45) is 0 Å². The first-order chi connectivity index (χ1) is 16.8. The lowest BCUT2D eigenvalue weighted by Gasteiger charge is -2.47. The lowest BCUT2D eigenvalue weighted by atomic mass is 9.83. The van der Waals surface area contributed by atoms with E-state index in [-0.39, 0.29) is 5.75 Å². The normalized spacial score (nSPS) is 18.5. The molecule has 0 aliphatic carbocycles. The minimum Gasteiger partial charge on any atom is -0.508 e. The Balaban J connectivity index is 1.26. The molecule has 35 heavy (non-hydrogen) atoms. The fourth-order valence-corrected chi connectivity index (χ4v) is 6.72. The maximum atomic E-state index is 13.1. The maximum absolute atomic E-state index is 13.1. The van der Waals surface area contributed by atoms with E-state index in [4.69, 9.17) is 0 Å². The van der Waals surface area contributed by atoms with Crippen molar-refractivity contribution in [3.05, 3.63) is 83.9 Å². The zero-order valence-electron chi connectivity index (χ0n) is 20.9. The summed E-state index contributed by atoms with van der Waals surface area (Å²) in [5.74, 6) is 0.798. The van der Waals surface area contributed by atoms with Crippen LogP contribution in [-0.2, 0) is 10.0 Å². The third-order valence-corrected chi connectivity index (χ3v) is 9.41. The molecule has 1 heterocycles. The number of likely N-dealkylation sites (tertiary alicyclic amines) is 1. The van der Waals surface area contributed by atoms with Crippen LogP contribution >= 0.6 is 0 Å². The smallest absolute Gasteiger partial charge is 0.243 e. The number of phenolic OH excluding ortho intramolecular Hbond substituents is 1. The van der Waals surface area contributed by atoms with Crippen LogP contribution in [0.3, 0.4) is 0 Å². The zero-order valence-corrected chi connectivity index (χ0v) is 21.7. The van der Waals surface area contributed by atoms with Gasteiger partial charge in [0.2, 0.25) is 10.0 Å². The van der Waals surface area contributed by atoms with Gasteiger partial charge in [-0.3, -0.25) is 4.90 Å². The third-order valence-electron chi connectivity index (χ3n) is 7.27. The first-order valence-electron chi connectivity index (χ1n) is 12.5. The zero-order chi connectivity index (χ0) is 25.0. The molecule has 5 nitrogen and oxygen atoms in total. The van der Waals surface area contributed by atoms with Crippen molar-refractivity contribution < 1.29 is 13.5 Å². The van der Waals surface area contributed by atoms with Gasteiger partial charge in [-0.05, 0) is 73.7 Å². The van der Waals surface area contributed by atoms with Crippen LogP contribution in [0, 0.1) is 6.92 Å². The molecule has 0 aromatic heterocycles. The summed E-state index contributed by atoms with van der Waals surface area (Å²) in [7, 11) is -3.45. The van der Waals surface area contributed by atoms with Crippen LogP contribution in [-0.4, -0.2) is 55.0 Å². The second-order valence-electron chi connectivity index (χ2n) is 9.48. The highest BCUT2D eigenvalue weighted by Gasteiger charge is 2.35. The highest BCUT2D eigenvalue weighted by molar-refractivity contribution is 7.89. The molecule has 1 fully saturated rings. The van der Waals surface area contributed by atoms with Gasteiger partial charge < -0.3 is 5.11 Å². The van der Waals surface area contributed by atoms with E-state index in [1.165, 1.54) is 5.56 Å². The second kappa shape index (κ2) is 10.9. The molecule has 0 radical (unpaired) electrons. The lowest BCUT2D eigenvalue weighted by molar-refractivity contribution is 0.0705. The van der Waals surface area contributed by atoms with Gasteiger partial charge in [-0.25, -0.2) is 8.42 Å². The molecule has 3 aromatic carbocycles. The van der Waals surface area contributed by atoms with Gasteiger partial charge in [0.1, 0.15) is 5.75 Å². The Morgan fingerprint density at radius 2 is 1.71 bits per heavy atom. The molecule has 6 heteroatoms. The Morgan fingerprint density at radius 1 is 0.971 bits per heavy atom. The van der Waals surface area contributed by atoms with Gasteiger partial charge >= 0.3 is 0 Å². The Morgan fingerprint density at radius 3 is 2.37 bits per heavy atom. The van der Waals surface area contributed by atoms with Crippen LogP contribution in [0.4, 0.5) is 0 Å². The largest absolute Gasteiger partial charge is 0.508 e. The second-order valence-corrected chi connectivity index (χ2v) is 11.4. The fraction of sp³-hybridized carbons (Fsp3) is 0.379. The third kappa shape index (κ3) is 5.61. The number of unbranched alkanes of at least 4 members (excludes halogenated alkanes) is 1. The van der Waals surface area contributed by atoms with Gasteiger partial charge in [0, 0.05) is 31.6 Å². The van der Waals surface area contributed by atoms with Crippen molar-refractivity contribution >= 4 is 10.0 Å². The molecule has 186 valence electrons. The van der Waals surface area contributed by atoms with Crippen molar-refractivity contribution in [2.75, 3.05) is 26.2 Å². The molecule has 0 amide bonds. The van der Waals surface area contributed by atoms with E-state index >= 15 is 0 Å². The summed E-state index contributed by atoms with van der Waals surface area (Å²) in [6.45, 7) is 9.09.